The van der Waals surface area contributed by atoms with Crippen LogP contribution in [0.5, 0.6) is 0 Å². The van der Waals surface area contributed by atoms with Crippen LogP contribution in [-0.2, 0) is 0 Å². The topological polar surface area (TPSA) is 85.6 Å². The van der Waals surface area contributed by atoms with Crippen LogP contribution in [0.3, 0.4) is 0 Å². The lowest BCUT2D eigenvalue weighted by Crippen LogP contribution is -2.56. The first-order chi connectivity index (χ1) is 12.8. The van der Waals surface area contributed by atoms with Gasteiger partial charge in [-0.2, -0.15) is 0 Å². The van der Waals surface area contributed by atoms with Crippen LogP contribution in [0.2, 0.25) is 0 Å². The summed E-state index contributed by atoms with van der Waals surface area (Å²) in [7, 11) is 0. The maximum Gasteiger partial charge on any atom is 0.341 e. The molecule has 2 aromatic rings. The van der Waals surface area contributed by atoms with Crippen molar-refractivity contribution in [2.75, 3.05) is 37.6 Å². The Morgan fingerprint density at radius 3 is 2.56 bits per heavy atom. The maximum atomic E-state index is 14.8. The molecule has 0 spiro atoms. The number of carboxylic acids is 1. The molecule has 2 heterocycles. The maximum absolute atomic E-state index is 14.8. The number of carboxylic acid groups (broad SMARTS) is 1. The number of anilines is 1. The molecule has 1 aromatic carbocycles. The molecule has 2 aliphatic rings. The summed E-state index contributed by atoms with van der Waals surface area (Å²) in [4.78, 5) is 25.8. The van der Waals surface area contributed by atoms with E-state index in [1.54, 1.807) is 10.6 Å². The summed E-state index contributed by atoms with van der Waals surface area (Å²) >= 11 is 0. The molecule has 1 aromatic heterocycles. The highest BCUT2D eigenvalue weighted by atomic mass is 19.1. The van der Waals surface area contributed by atoms with Gasteiger partial charge in [0.25, 0.3) is 0 Å². The van der Waals surface area contributed by atoms with Gasteiger partial charge >= 0.3 is 5.97 Å². The number of rotatable bonds is 4. The Morgan fingerprint density at radius 2 is 2.00 bits per heavy atom. The molecular weight excluding hydrogens is 353 g/mol. The minimum absolute atomic E-state index is 0.0857. The molecule has 1 saturated heterocycles. The normalized spacial score (nSPS) is 19.4. The number of nitrogens with zero attached hydrogens (tertiary/aromatic N) is 3. The zero-order valence-corrected chi connectivity index (χ0v) is 15.2. The highest BCUT2D eigenvalue weighted by molar-refractivity contribution is 5.93. The summed E-state index contributed by atoms with van der Waals surface area (Å²) in [6.45, 7) is 4.02. The Labute approximate surface area is 155 Å². The van der Waals surface area contributed by atoms with E-state index in [2.05, 4.69) is 0 Å². The molecule has 4 rings (SSSR count). The van der Waals surface area contributed by atoms with Crippen LogP contribution in [0, 0.1) is 11.0 Å². The summed E-state index contributed by atoms with van der Waals surface area (Å²) in [5.41, 5.74) is -0.0924. The molecule has 27 heavy (non-hydrogen) atoms. The van der Waals surface area contributed by atoms with E-state index in [4.69, 9.17) is 0 Å². The van der Waals surface area contributed by atoms with Gasteiger partial charge in [0.05, 0.1) is 43.9 Å². The molecule has 0 radical (unpaired) electrons. The molecule has 144 valence electrons. The number of piperazine rings is 1. The fourth-order valence-electron chi connectivity index (χ4n) is 3.79. The minimum Gasteiger partial charge on any atom is -0.633 e. The number of fused-ring (bicyclic) bond motifs is 1. The van der Waals surface area contributed by atoms with Crippen molar-refractivity contribution in [3.05, 3.63) is 45.1 Å². The second kappa shape index (κ2) is 6.31. The third-order valence-corrected chi connectivity index (χ3v) is 5.74. The van der Waals surface area contributed by atoms with E-state index in [1.807, 2.05) is 11.8 Å². The monoisotopic (exact) mass is 375 g/mol. The van der Waals surface area contributed by atoms with Crippen LogP contribution in [0.4, 0.5) is 10.1 Å². The largest absolute Gasteiger partial charge is 0.633 e. The Hall–Kier alpha value is -2.45. The van der Waals surface area contributed by atoms with Crippen LogP contribution in [-0.4, -0.2) is 53.0 Å². The molecule has 1 aliphatic carbocycles. The van der Waals surface area contributed by atoms with Crippen LogP contribution in [0.25, 0.3) is 10.9 Å². The highest BCUT2D eigenvalue weighted by Gasteiger charge is 2.29. The summed E-state index contributed by atoms with van der Waals surface area (Å²) < 4.78 is 16.3. The molecule has 7 nitrogen and oxygen atoms in total. The van der Waals surface area contributed by atoms with Crippen LogP contribution < -0.4 is 10.3 Å². The second-order valence-corrected chi connectivity index (χ2v) is 7.44. The average molecular weight is 375 g/mol. The summed E-state index contributed by atoms with van der Waals surface area (Å²) in [5, 5.41) is 21.8. The van der Waals surface area contributed by atoms with Crippen molar-refractivity contribution in [3.8, 4) is 0 Å². The van der Waals surface area contributed by atoms with Gasteiger partial charge in [0.1, 0.15) is 11.4 Å². The minimum atomic E-state index is -1.30. The lowest BCUT2D eigenvalue weighted by molar-refractivity contribution is -0.879. The number of benzene rings is 1. The Bertz CT molecular complexity index is 975. The first-order valence-electron chi connectivity index (χ1n) is 9.27. The molecule has 0 atom stereocenters. The predicted octanol–water partition coefficient (Wildman–Crippen LogP) is 2.33. The van der Waals surface area contributed by atoms with E-state index in [0.29, 0.717) is 43.9 Å². The van der Waals surface area contributed by atoms with E-state index in [-0.39, 0.29) is 21.6 Å². The van der Waals surface area contributed by atoms with Crippen LogP contribution in [0.1, 0.15) is 36.2 Å². The zero-order valence-electron chi connectivity index (χ0n) is 15.2. The fourth-order valence-corrected chi connectivity index (χ4v) is 3.79. The molecule has 2 fully saturated rings. The standard InChI is InChI=1S/C19H22FN3O4/c1-2-23(27)7-5-21(6-8-23)17-10-16-13(9-15(17)20)18(24)14(19(25)26)11-22(16)12-3-4-12/h9-12H,2-8H2,1H3,(H,25,26). The molecular formula is C19H22FN3O4. The van der Waals surface area contributed by atoms with Gasteiger partial charge in [0.15, 0.2) is 0 Å². The summed E-state index contributed by atoms with van der Waals surface area (Å²) in [5.74, 6) is -1.87. The molecule has 0 bridgehead atoms. The van der Waals surface area contributed by atoms with E-state index in [9.17, 15) is 24.3 Å². The zero-order chi connectivity index (χ0) is 19.3. The summed E-state index contributed by atoms with van der Waals surface area (Å²) in [6, 6.07) is 2.91. The number of hydrogen-bond acceptors (Lipinski definition) is 4. The number of likely N-dealkylation sites (N-methyl/N-ethyl adjacent to an activating group) is 1. The number of aromatic nitrogens is 1. The average Bonchev–Trinajstić information content (AvgIpc) is 3.48. The molecule has 1 saturated carbocycles. The highest BCUT2D eigenvalue weighted by Crippen LogP contribution is 2.38. The van der Waals surface area contributed by atoms with E-state index in [1.165, 1.54) is 6.20 Å². The van der Waals surface area contributed by atoms with Crippen LogP contribution in [0.15, 0.2) is 23.1 Å². The van der Waals surface area contributed by atoms with Gasteiger partial charge < -0.3 is 24.4 Å². The molecule has 0 unspecified atom stereocenters. The van der Waals surface area contributed by atoms with Gasteiger partial charge in [-0.3, -0.25) is 4.79 Å². The number of hydroxylamine groups is 3. The van der Waals surface area contributed by atoms with E-state index < -0.39 is 17.2 Å². The van der Waals surface area contributed by atoms with E-state index >= 15 is 0 Å². The fraction of sp³-hybridized carbons (Fsp3) is 0.474. The van der Waals surface area contributed by atoms with Crippen molar-refractivity contribution in [2.45, 2.75) is 25.8 Å². The molecule has 1 aliphatic heterocycles. The number of aromatic carboxylic acids is 1. The molecule has 0 amide bonds. The van der Waals surface area contributed by atoms with Gasteiger partial charge in [-0.05, 0) is 31.9 Å². The smallest absolute Gasteiger partial charge is 0.341 e. The van der Waals surface area contributed by atoms with Gasteiger partial charge in [-0.1, -0.05) is 0 Å². The third kappa shape index (κ3) is 3.08. The van der Waals surface area contributed by atoms with Gasteiger partial charge in [0, 0.05) is 17.6 Å². The number of quaternary nitrogens is 1. The molecule has 8 heteroatoms. The first-order valence-corrected chi connectivity index (χ1v) is 9.27. The van der Waals surface area contributed by atoms with E-state index in [0.717, 1.165) is 18.9 Å². The number of carbonyl (C=O) groups is 1. The third-order valence-electron chi connectivity index (χ3n) is 5.74. The quantitative estimate of drug-likeness (QED) is 0.655. The predicted molar refractivity (Wildman–Crippen MR) is 99.5 cm³/mol. The second-order valence-electron chi connectivity index (χ2n) is 7.44. The lowest BCUT2D eigenvalue weighted by Gasteiger charge is -2.48. The van der Waals surface area contributed by atoms with Crippen LogP contribution >= 0.6 is 0 Å². The van der Waals surface area contributed by atoms with Crippen molar-refractivity contribution in [3.63, 3.8) is 0 Å². The van der Waals surface area contributed by atoms with Crippen molar-refractivity contribution in [1.82, 2.24) is 4.57 Å². The van der Waals surface area contributed by atoms with Crippen molar-refractivity contribution >= 4 is 22.6 Å². The number of hydrogen-bond donors (Lipinski definition) is 1. The summed E-state index contributed by atoms with van der Waals surface area (Å²) in [6.07, 6.45) is 3.18. The van der Waals surface area contributed by atoms with Gasteiger partial charge in [-0.15, -0.1) is 0 Å². The Balaban J connectivity index is 1.82. The van der Waals surface area contributed by atoms with Crippen molar-refractivity contribution in [2.24, 2.45) is 0 Å². The van der Waals surface area contributed by atoms with Gasteiger partial charge in [0.2, 0.25) is 5.43 Å². The van der Waals surface area contributed by atoms with Crippen molar-refractivity contribution in [1.29, 1.82) is 0 Å². The number of pyridine rings is 1. The lowest BCUT2D eigenvalue weighted by atomic mass is 10.1. The molecule has 1 N–H and O–H groups in total. The van der Waals surface area contributed by atoms with Crippen molar-refractivity contribution < 1.29 is 18.9 Å². The van der Waals surface area contributed by atoms with Gasteiger partial charge in [-0.25, -0.2) is 9.18 Å². The Morgan fingerprint density at radius 1 is 1.33 bits per heavy atom. The SMILES string of the molecule is CC[N+]1([O-])CCN(c2cc3c(cc2F)c(=O)c(C(=O)O)cn3C2CC2)CC1. The first kappa shape index (κ1) is 17.9. The number of halogens is 1. The Kier molecular flexibility index (Phi) is 4.20.